The third kappa shape index (κ3) is 2.13. The zero-order valence-corrected chi connectivity index (χ0v) is 10.0. The molecular weight excluding hydrogens is 249 g/mol. The van der Waals surface area contributed by atoms with E-state index < -0.39 is 0 Å². The molecule has 1 aromatic heterocycles. The second-order valence-electron chi connectivity index (χ2n) is 3.42. The van der Waals surface area contributed by atoms with Gasteiger partial charge in [-0.25, -0.2) is 9.48 Å². The highest BCUT2D eigenvalue weighted by Crippen LogP contribution is 2.21. The first-order valence-electron chi connectivity index (χ1n) is 4.60. The van der Waals surface area contributed by atoms with Gasteiger partial charge in [-0.1, -0.05) is 29.3 Å². The number of benzene rings is 1. The van der Waals surface area contributed by atoms with E-state index in [4.69, 9.17) is 23.2 Å². The van der Waals surface area contributed by atoms with Gasteiger partial charge in [0, 0.05) is 17.1 Å². The van der Waals surface area contributed by atoms with Gasteiger partial charge in [-0.3, -0.25) is 4.57 Å². The van der Waals surface area contributed by atoms with Crippen LogP contribution in [-0.4, -0.2) is 14.3 Å². The molecule has 4 nitrogen and oxygen atoms in total. The first kappa shape index (κ1) is 11.2. The van der Waals surface area contributed by atoms with Crippen molar-refractivity contribution in [2.24, 2.45) is 7.05 Å². The lowest BCUT2D eigenvalue weighted by molar-refractivity contribution is 0.647. The number of nitrogens with zero attached hydrogens (tertiary/aromatic N) is 3. The fourth-order valence-corrected chi connectivity index (χ4v) is 1.81. The second-order valence-corrected chi connectivity index (χ2v) is 4.26. The predicted octanol–water partition coefficient (Wildman–Crippen LogP) is 1.94. The van der Waals surface area contributed by atoms with Gasteiger partial charge in [-0.05, 0) is 17.7 Å². The maximum Gasteiger partial charge on any atom is 0.345 e. The van der Waals surface area contributed by atoms with Crippen molar-refractivity contribution in [2.45, 2.75) is 6.54 Å². The molecule has 0 saturated heterocycles. The van der Waals surface area contributed by atoms with Gasteiger partial charge in [-0.15, -0.1) is 0 Å². The van der Waals surface area contributed by atoms with Crippen LogP contribution in [0.1, 0.15) is 5.56 Å². The Morgan fingerprint density at radius 2 is 2.12 bits per heavy atom. The molecule has 0 amide bonds. The van der Waals surface area contributed by atoms with Gasteiger partial charge in [0.25, 0.3) is 0 Å². The summed E-state index contributed by atoms with van der Waals surface area (Å²) in [6.07, 6.45) is 1.46. The summed E-state index contributed by atoms with van der Waals surface area (Å²) in [5, 5.41) is 5.05. The molecule has 2 rings (SSSR count). The molecule has 84 valence electrons. The number of rotatable bonds is 2. The summed E-state index contributed by atoms with van der Waals surface area (Å²) in [6.45, 7) is 0.343. The van der Waals surface area contributed by atoms with E-state index in [1.807, 2.05) is 0 Å². The molecule has 0 aliphatic carbocycles. The van der Waals surface area contributed by atoms with Gasteiger partial charge in [0.1, 0.15) is 6.33 Å². The molecule has 0 aliphatic heterocycles. The number of hydrogen-bond donors (Lipinski definition) is 0. The fourth-order valence-electron chi connectivity index (χ4n) is 1.34. The van der Waals surface area contributed by atoms with E-state index in [2.05, 4.69) is 5.10 Å². The average Bonchev–Trinajstić information content (AvgIpc) is 2.54. The van der Waals surface area contributed by atoms with E-state index in [9.17, 15) is 4.79 Å². The normalized spacial score (nSPS) is 10.7. The van der Waals surface area contributed by atoms with Gasteiger partial charge >= 0.3 is 5.69 Å². The van der Waals surface area contributed by atoms with Crippen LogP contribution in [0.4, 0.5) is 0 Å². The SMILES string of the molecule is Cn1cnn(Cc2ccc(Cl)cc2Cl)c1=O. The lowest BCUT2D eigenvalue weighted by Gasteiger charge is -2.03. The summed E-state index contributed by atoms with van der Waals surface area (Å²) < 4.78 is 2.75. The number of halogens is 2. The summed E-state index contributed by atoms with van der Waals surface area (Å²) >= 11 is 11.8. The zero-order chi connectivity index (χ0) is 11.7. The number of aryl methyl sites for hydroxylation is 1. The minimum absolute atomic E-state index is 0.175. The van der Waals surface area contributed by atoms with E-state index in [1.54, 1.807) is 25.2 Å². The smallest absolute Gasteiger partial charge is 0.285 e. The summed E-state index contributed by atoms with van der Waals surface area (Å²) in [7, 11) is 1.65. The first-order chi connectivity index (χ1) is 7.58. The molecule has 1 aromatic carbocycles. The molecule has 0 aliphatic rings. The van der Waals surface area contributed by atoms with Crippen LogP contribution in [0.3, 0.4) is 0 Å². The maximum atomic E-state index is 11.5. The molecule has 0 radical (unpaired) electrons. The largest absolute Gasteiger partial charge is 0.345 e. The van der Waals surface area contributed by atoms with E-state index in [-0.39, 0.29) is 5.69 Å². The summed E-state index contributed by atoms with van der Waals surface area (Å²) in [5.41, 5.74) is 0.637. The van der Waals surface area contributed by atoms with Crippen LogP contribution in [0.5, 0.6) is 0 Å². The highest BCUT2D eigenvalue weighted by Gasteiger charge is 2.06. The Morgan fingerprint density at radius 3 is 2.69 bits per heavy atom. The quantitative estimate of drug-likeness (QED) is 0.825. The summed E-state index contributed by atoms with van der Waals surface area (Å²) in [5.74, 6) is 0. The summed E-state index contributed by atoms with van der Waals surface area (Å²) in [6, 6.07) is 5.16. The first-order valence-corrected chi connectivity index (χ1v) is 5.36. The van der Waals surface area contributed by atoms with Gasteiger partial charge in [-0.2, -0.15) is 5.10 Å². The highest BCUT2D eigenvalue weighted by molar-refractivity contribution is 6.35. The van der Waals surface area contributed by atoms with Crippen LogP contribution in [0.25, 0.3) is 0 Å². The Bertz CT molecular complexity index is 574. The van der Waals surface area contributed by atoms with E-state index >= 15 is 0 Å². The third-order valence-electron chi connectivity index (χ3n) is 2.22. The van der Waals surface area contributed by atoms with Crippen LogP contribution in [-0.2, 0) is 13.6 Å². The molecule has 0 N–H and O–H groups in total. The topological polar surface area (TPSA) is 39.8 Å². The van der Waals surface area contributed by atoms with Crippen LogP contribution in [0.15, 0.2) is 29.3 Å². The molecule has 1 heterocycles. The van der Waals surface area contributed by atoms with E-state index in [0.717, 1.165) is 5.56 Å². The molecule has 0 spiro atoms. The molecule has 2 aromatic rings. The van der Waals surface area contributed by atoms with Crippen molar-refractivity contribution in [1.82, 2.24) is 14.3 Å². The molecule has 0 bridgehead atoms. The molecule has 6 heteroatoms. The van der Waals surface area contributed by atoms with Crippen molar-refractivity contribution in [3.8, 4) is 0 Å². The van der Waals surface area contributed by atoms with Crippen LogP contribution >= 0.6 is 23.2 Å². The van der Waals surface area contributed by atoms with Crippen molar-refractivity contribution in [2.75, 3.05) is 0 Å². The maximum absolute atomic E-state index is 11.5. The van der Waals surface area contributed by atoms with Crippen molar-refractivity contribution in [3.05, 3.63) is 50.6 Å². The Morgan fingerprint density at radius 1 is 1.38 bits per heavy atom. The summed E-state index contributed by atoms with van der Waals surface area (Å²) in [4.78, 5) is 11.5. The molecule has 16 heavy (non-hydrogen) atoms. The van der Waals surface area contributed by atoms with Crippen LogP contribution < -0.4 is 5.69 Å². The van der Waals surface area contributed by atoms with Crippen LogP contribution in [0.2, 0.25) is 10.0 Å². The highest BCUT2D eigenvalue weighted by atomic mass is 35.5. The van der Waals surface area contributed by atoms with Gasteiger partial charge in [0.15, 0.2) is 0 Å². The minimum Gasteiger partial charge on any atom is -0.285 e. The standard InChI is InChI=1S/C10H9Cl2N3O/c1-14-6-13-15(10(14)16)5-7-2-3-8(11)4-9(7)12/h2-4,6H,5H2,1H3. The van der Waals surface area contributed by atoms with Crippen molar-refractivity contribution in [1.29, 1.82) is 0 Å². The third-order valence-corrected chi connectivity index (χ3v) is 2.81. The van der Waals surface area contributed by atoms with E-state index in [1.165, 1.54) is 15.6 Å². The monoisotopic (exact) mass is 257 g/mol. The Labute approximate surface area is 102 Å². The predicted molar refractivity (Wildman–Crippen MR) is 63.0 cm³/mol. The van der Waals surface area contributed by atoms with Gasteiger partial charge < -0.3 is 0 Å². The van der Waals surface area contributed by atoms with Crippen molar-refractivity contribution < 1.29 is 0 Å². The van der Waals surface area contributed by atoms with Crippen molar-refractivity contribution >= 4 is 23.2 Å². The Kier molecular flexibility index (Phi) is 3.03. The van der Waals surface area contributed by atoms with Crippen molar-refractivity contribution in [3.63, 3.8) is 0 Å². The molecule has 0 saturated carbocycles. The van der Waals surface area contributed by atoms with Gasteiger partial charge in [0.2, 0.25) is 0 Å². The number of hydrogen-bond acceptors (Lipinski definition) is 2. The fraction of sp³-hybridized carbons (Fsp3) is 0.200. The lowest BCUT2D eigenvalue weighted by Crippen LogP contribution is -2.23. The zero-order valence-electron chi connectivity index (χ0n) is 8.52. The van der Waals surface area contributed by atoms with E-state index in [0.29, 0.717) is 16.6 Å². The average molecular weight is 258 g/mol. The Balaban J connectivity index is 2.34. The molecule has 0 fully saturated rings. The minimum atomic E-state index is -0.175. The molecule has 0 unspecified atom stereocenters. The second kappa shape index (κ2) is 4.31. The Hall–Kier alpha value is -1.26. The van der Waals surface area contributed by atoms with Crippen LogP contribution in [0, 0.1) is 0 Å². The molecular formula is C10H9Cl2N3O. The van der Waals surface area contributed by atoms with Gasteiger partial charge in [0.05, 0.1) is 6.54 Å². The lowest BCUT2D eigenvalue weighted by atomic mass is 10.2. The molecule has 0 atom stereocenters. The number of aromatic nitrogens is 3.